The lowest BCUT2D eigenvalue weighted by atomic mass is 10.00. The van der Waals surface area contributed by atoms with Crippen molar-refractivity contribution in [1.29, 1.82) is 0 Å². The molecule has 54 valence electrons. The van der Waals surface area contributed by atoms with E-state index in [4.69, 9.17) is 5.11 Å². The van der Waals surface area contributed by atoms with Crippen LogP contribution in [0.2, 0.25) is 0 Å². The highest BCUT2D eigenvalue weighted by Gasteiger charge is 2.25. The van der Waals surface area contributed by atoms with Gasteiger partial charge >= 0.3 is 0 Å². The van der Waals surface area contributed by atoms with E-state index in [0.717, 1.165) is 13.1 Å². The predicted molar refractivity (Wildman–Crippen MR) is 37.2 cm³/mol. The Morgan fingerprint density at radius 2 is 2.22 bits per heavy atom. The second-order valence-electron chi connectivity index (χ2n) is 3.14. The average molecular weight is 129 g/mol. The van der Waals surface area contributed by atoms with E-state index in [1.807, 2.05) is 0 Å². The van der Waals surface area contributed by atoms with Gasteiger partial charge in [-0.25, -0.2) is 0 Å². The maximum absolute atomic E-state index is 8.83. The molecule has 0 radical (unpaired) electrons. The van der Waals surface area contributed by atoms with Crippen molar-refractivity contribution >= 4 is 0 Å². The number of hydrogen-bond acceptors (Lipinski definition) is 2. The summed E-state index contributed by atoms with van der Waals surface area (Å²) in [6.45, 7) is 4.76. The van der Waals surface area contributed by atoms with Crippen LogP contribution in [0.15, 0.2) is 0 Å². The lowest BCUT2D eigenvalue weighted by Crippen LogP contribution is -2.15. The van der Waals surface area contributed by atoms with E-state index in [0.29, 0.717) is 18.4 Å². The highest BCUT2D eigenvalue weighted by Crippen LogP contribution is 2.20. The normalized spacial score (nSPS) is 37.7. The Morgan fingerprint density at radius 1 is 1.56 bits per heavy atom. The van der Waals surface area contributed by atoms with E-state index in [9.17, 15) is 0 Å². The molecule has 0 aromatic heterocycles. The molecule has 1 aliphatic heterocycles. The number of rotatable bonds is 1. The summed E-state index contributed by atoms with van der Waals surface area (Å²) in [5.74, 6) is 1.20. The SMILES string of the molecule is C[C@H]1CN(C)C[C@@H]1CO. The summed E-state index contributed by atoms with van der Waals surface area (Å²) in [4.78, 5) is 2.27. The predicted octanol–water partition coefficient (Wildman–Crippen LogP) is 0.176. The monoisotopic (exact) mass is 129 g/mol. The number of nitrogens with zero attached hydrogens (tertiary/aromatic N) is 1. The fourth-order valence-corrected chi connectivity index (χ4v) is 1.53. The zero-order valence-electron chi connectivity index (χ0n) is 6.17. The Labute approximate surface area is 56.5 Å². The maximum atomic E-state index is 8.83. The third-order valence-corrected chi connectivity index (χ3v) is 2.19. The Morgan fingerprint density at radius 3 is 2.44 bits per heavy atom. The first-order valence-electron chi connectivity index (χ1n) is 3.53. The van der Waals surface area contributed by atoms with Gasteiger partial charge in [0, 0.05) is 19.7 Å². The van der Waals surface area contributed by atoms with Crippen LogP contribution >= 0.6 is 0 Å². The molecule has 9 heavy (non-hydrogen) atoms. The molecule has 0 spiro atoms. The largest absolute Gasteiger partial charge is 0.396 e. The quantitative estimate of drug-likeness (QED) is 0.546. The zero-order valence-corrected chi connectivity index (χ0v) is 6.17. The number of aliphatic hydroxyl groups is 1. The van der Waals surface area contributed by atoms with Crippen molar-refractivity contribution in [2.45, 2.75) is 6.92 Å². The van der Waals surface area contributed by atoms with E-state index in [1.54, 1.807) is 0 Å². The Kier molecular flexibility index (Phi) is 2.09. The van der Waals surface area contributed by atoms with E-state index in [1.165, 1.54) is 0 Å². The maximum Gasteiger partial charge on any atom is 0.0474 e. The third-order valence-electron chi connectivity index (χ3n) is 2.19. The molecule has 1 fully saturated rings. The molecule has 2 nitrogen and oxygen atoms in total. The molecule has 2 heteroatoms. The summed E-state index contributed by atoms with van der Waals surface area (Å²) < 4.78 is 0. The van der Waals surface area contributed by atoms with Gasteiger partial charge in [0.15, 0.2) is 0 Å². The van der Waals surface area contributed by atoms with Gasteiger partial charge in [0.25, 0.3) is 0 Å². The van der Waals surface area contributed by atoms with Gasteiger partial charge < -0.3 is 10.0 Å². The smallest absolute Gasteiger partial charge is 0.0474 e. The van der Waals surface area contributed by atoms with Crippen LogP contribution in [0.3, 0.4) is 0 Å². The van der Waals surface area contributed by atoms with Crippen molar-refractivity contribution in [2.75, 3.05) is 26.7 Å². The second kappa shape index (κ2) is 2.67. The Bertz CT molecular complexity index is 94.9. The van der Waals surface area contributed by atoms with E-state index in [2.05, 4.69) is 18.9 Å². The summed E-state index contributed by atoms with van der Waals surface area (Å²) >= 11 is 0. The van der Waals surface area contributed by atoms with Crippen LogP contribution in [0.1, 0.15) is 6.92 Å². The van der Waals surface area contributed by atoms with Gasteiger partial charge in [0.2, 0.25) is 0 Å². The van der Waals surface area contributed by atoms with Crippen LogP contribution in [0, 0.1) is 11.8 Å². The number of likely N-dealkylation sites (tertiary alicyclic amines) is 1. The molecular weight excluding hydrogens is 114 g/mol. The molecule has 1 N–H and O–H groups in total. The Balaban J connectivity index is 2.38. The molecule has 2 atom stereocenters. The lowest BCUT2D eigenvalue weighted by molar-refractivity contribution is 0.208. The van der Waals surface area contributed by atoms with Crippen molar-refractivity contribution in [3.63, 3.8) is 0 Å². The van der Waals surface area contributed by atoms with Gasteiger partial charge in [-0.15, -0.1) is 0 Å². The molecule has 0 amide bonds. The van der Waals surface area contributed by atoms with Crippen LogP contribution < -0.4 is 0 Å². The first kappa shape index (κ1) is 7.03. The van der Waals surface area contributed by atoms with Gasteiger partial charge in [-0.1, -0.05) is 6.92 Å². The lowest BCUT2D eigenvalue weighted by Gasteiger charge is -2.08. The fourth-order valence-electron chi connectivity index (χ4n) is 1.53. The average Bonchev–Trinajstić information content (AvgIpc) is 2.10. The summed E-state index contributed by atoms with van der Waals surface area (Å²) in [5.41, 5.74) is 0. The minimum absolute atomic E-state index is 0.353. The molecule has 0 aromatic rings. The molecule has 1 saturated heterocycles. The molecule has 0 bridgehead atoms. The Hall–Kier alpha value is -0.0800. The second-order valence-corrected chi connectivity index (χ2v) is 3.14. The van der Waals surface area contributed by atoms with Crippen LogP contribution in [0.5, 0.6) is 0 Å². The molecule has 1 rings (SSSR count). The van der Waals surface area contributed by atoms with E-state index < -0.39 is 0 Å². The van der Waals surface area contributed by atoms with Crippen molar-refractivity contribution < 1.29 is 5.11 Å². The summed E-state index contributed by atoms with van der Waals surface area (Å²) in [6.07, 6.45) is 0. The van der Waals surface area contributed by atoms with Crippen LogP contribution in [0.25, 0.3) is 0 Å². The van der Waals surface area contributed by atoms with Gasteiger partial charge in [-0.3, -0.25) is 0 Å². The summed E-state index contributed by atoms with van der Waals surface area (Å²) in [7, 11) is 2.10. The highest BCUT2D eigenvalue weighted by atomic mass is 16.3. The van der Waals surface area contributed by atoms with Crippen LogP contribution in [-0.2, 0) is 0 Å². The minimum atomic E-state index is 0.353. The van der Waals surface area contributed by atoms with Crippen LogP contribution in [0.4, 0.5) is 0 Å². The van der Waals surface area contributed by atoms with Crippen molar-refractivity contribution in [3.05, 3.63) is 0 Å². The van der Waals surface area contributed by atoms with Crippen LogP contribution in [-0.4, -0.2) is 36.8 Å². The molecule has 1 heterocycles. The topological polar surface area (TPSA) is 23.5 Å². The highest BCUT2D eigenvalue weighted by molar-refractivity contribution is 4.78. The molecule has 1 aliphatic rings. The fraction of sp³-hybridized carbons (Fsp3) is 1.00. The zero-order chi connectivity index (χ0) is 6.85. The van der Waals surface area contributed by atoms with E-state index in [-0.39, 0.29) is 0 Å². The molecule has 0 aliphatic carbocycles. The first-order valence-corrected chi connectivity index (χ1v) is 3.53. The molecule has 0 saturated carbocycles. The minimum Gasteiger partial charge on any atom is -0.396 e. The standard InChI is InChI=1S/C7H15NO/c1-6-3-8(2)4-7(6)5-9/h6-7,9H,3-5H2,1-2H3/t6-,7+/m0/s1. The summed E-state index contributed by atoms with van der Waals surface area (Å²) in [5, 5.41) is 8.83. The van der Waals surface area contributed by atoms with E-state index >= 15 is 0 Å². The van der Waals surface area contributed by atoms with Crippen molar-refractivity contribution in [1.82, 2.24) is 4.90 Å². The van der Waals surface area contributed by atoms with Gasteiger partial charge in [-0.2, -0.15) is 0 Å². The third kappa shape index (κ3) is 1.43. The number of hydrogen-bond donors (Lipinski definition) is 1. The van der Waals surface area contributed by atoms with Gasteiger partial charge in [-0.05, 0) is 18.9 Å². The summed E-state index contributed by atoms with van der Waals surface area (Å²) in [6, 6.07) is 0. The molecule has 0 aromatic carbocycles. The number of aliphatic hydroxyl groups excluding tert-OH is 1. The van der Waals surface area contributed by atoms with Crippen molar-refractivity contribution in [3.8, 4) is 0 Å². The van der Waals surface area contributed by atoms with Crippen molar-refractivity contribution in [2.24, 2.45) is 11.8 Å². The first-order chi connectivity index (χ1) is 4.24. The molecular formula is C7H15NO. The molecule has 0 unspecified atom stereocenters. The van der Waals surface area contributed by atoms with Gasteiger partial charge in [0.1, 0.15) is 0 Å². The van der Waals surface area contributed by atoms with Gasteiger partial charge in [0.05, 0.1) is 0 Å².